The number of hydrogen-bond acceptors (Lipinski definition) is 1. The predicted molar refractivity (Wildman–Crippen MR) is 70.6 cm³/mol. The van der Waals surface area contributed by atoms with Crippen molar-refractivity contribution < 1.29 is 0 Å². The van der Waals surface area contributed by atoms with Crippen LogP contribution in [0.1, 0.15) is 60.8 Å². The van der Waals surface area contributed by atoms with Gasteiger partial charge in [-0.25, -0.2) is 0 Å². The van der Waals surface area contributed by atoms with Crippen LogP contribution in [0.4, 0.5) is 0 Å². The Morgan fingerprint density at radius 2 is 1.53 bits per heavy atom. The van der Waals surface area contributed by atoms with Crippen molar-refractivity contribution in [1.29, 1.82) is 0 Å². The fraction of sp³-hybridized carbons (Fsp3) is 0.929. The van der Waals surface area contributed by atoms with Gasteiger partial charge in [0.05, 0.1) is 0 Å². The molecule has 0 amide bonds. The lowest BCUT2D eigenvalue weighted by atomic mass is 9.88. The van der Waals surface area contributed by atoms with Crippen LogP contribution >= 0.6 is 0 Å². The highest BCUT2D eigenvalue weighted by molar-refractivity contribution is 5.60. The van der Waals surface area contributed by atoms with Crippen molar-refractivity contribution in [2.24, 2.45) is 22.7 Å². The summed E-state index contributed by atoms with van der Waals surface area (Å²) in [6.45, 7) is 13.6. The average Bonchev–Trinajstić information content (AvgIpc) is 2.24. The third-order valence-electron chi connectivity index (χ3n) is 3.57. The molecule has 15 heavy (non-hydrogen) atoms. The van der Waals surface area contributed by atoms with Crippen molar-refractivity contribution >= 4 is 6.21 Å². The molecule has 0 aliphatic heterocycles. The lowest BCUT2D eigenvalue weighted by molar-refractivity contribution is 0.337. The van der Waals surface area contributed by atoms with Crippen molar-refractivity contribution in [1.82, 2.24) is 0 Å². The Kier molecular flexibility index (Phi) is 7.72. The topological polar surface area (TPSA) is 12.4 Å². The van der Waals surface area contributed by atoms with Gasteiger partial charge in [-0.2, -0.15) is 0 Å². The van der Waals surface area contributed by atoms with Crippen molar-refractivity contribution in [2.45, 2.75) is 66.8 Å². The molecular formula is C14H29N. The Bertz CT molecular complexity index is 174. The van der Waals surface area contributed by atoms with E-state index < -0.39 is 0 Å². The van der Waals surface area contributed by atoms with Gasteiger partial charge in [-0.1, -0.05) is 41.0 Å². The van der Waals surface area contributed by atoms with Gasteiger partial charge in [-0.05, 0) is 37.5 Å². The van der Waals surface area contributed by atoms with Gasteiger partial charge < -0.3 is 0 Å². The molecule has 0 heterocycles. The number of nitrogens with zero attached hydrogens (tertiary/aromatic N) is 1. The molecule has 4 atom stereocenters. The molecular weight excluding hydrogens is 182 g/mol. The molecule has 0 saturated carbocycles. The Morgan fingerprint density at radius 1 is 0.933 bits per heavy atom. The minimum Gasteiger partial charge on any atom is -0.294 e. The molecule has 0 N–H and O–H groups in total. The van der Waals surface area contributed by atoms with Crippen LogP contribution in [0.15, 0.2) is 4.99 Å². The Morgan fingerprint density at radius 3 is 2.00 bits per heavy atom. The van der Waals surface area contributed by atoms with Crippen LogP contribution in [0.3, 0.4) is 0 Å². The largest absolute Gasteiger partial charge is 0.294 e. The van der Waals surface area contributed by atoms with E-state index in [0.29, 0.717) is 12.0 Å². The Labute approximate surface area is 96.4 Å². The first-order chi connectivity index (χ1) is 7.01. The zero-order valence-corrected chi connectivity index (χ0v) is 11.5. The third-order valence-corrected chi connectivity index (χ3v) is 3.57. The second-order valence-electron chi connectivity index (χ2n) is 5.13. The zero-order valence-electron chi connectivity index (χ0n) is 11.5. The van der Waals surface area contributed by atoms with Crippen molar-refractivity contribution in [3.8, 4) is 0 Å². The van der Waals surface area contributed by atoms with E-state index in [1.54, 1.807) is 0 Å². The maximum absolute atomic E-state index is 4.63. The van der Waals surface area contributed by atoms with Crippen LogP contribution < -0.4 is 0 Å². The third kappa shape index (κ3) is 6.70. The smallest absolute Gasteiger partial charge is 0.0470 e. The Balaban J connectivity index is 3.92. The maximum atomic E-state index is 4.63. The molecule has 1 nitrogen and oxygen atoms in total. The van der Waals surface area contributed by atoms with Gasteiger partial charge in [0.15, 0.2) is 0 Å². The molecule has 0 fully saturated rings. The van der Waals surface area contributed by atoms with Crippen LogP contribution in [-0.4, -0.2) is 12.3 Å². The summed E-state index contributed by atoms with van der Waals surface area (Å²) in [5, 5.41) is 0. The molecule has 0 radical (unpaired) electrons. The normalized spacial score (nSPS) is 20.1. The van der Waals surface area contributed by atoms with E-state index >= 15 is 0 Å². The number of aliphatic imine (C=N–C) groups is 1. The van der Waals surface area contributed by atoms with E-state index in [0.717, 1.165) is 11.8 Å². The summed E-state index contributed by atoms with van der Waals surface area (Å²) >= 11 is 0. The van der Waals surface area contributed by atoms with Crippen molar-refractivity contribution in [3.05, 3.63) is 0 Å². The SMILES string of the molecule is CCC(C)C=NC(C)CC(C)C(C)CC. The second kappa shape index (κ2) is 7.90. The molecule has 0 aromatic rings. The van der Waals surface area contributed by atoms with E-state index in [2.05, 4.69) is 52.7 Å². The quantitative estimate of drug-likeness (QED) is 0.547. The molecule has 0 aromatic carbocycles. The zero-order chi connectivity index (χ0) is 11.8. The summed E-state index contributed by atoms with van der Waals surface area (Å²) in [6.07, 6.45) is 5.83. The van der Waals surface area contributed by atoms with E-state index in [9.17, 15) is 0 Å². The second-order valence-corrected chi connectivity index (χ2v) is 5.13. The average molecular weight is 211 g/mol. The summed E-state index contributed by atoms with van der Waals surface area (Å²) in [6, 6.07) is 0.489. The summed E-state index contributed by atoms with van der Waals surface area (Å²) in [5.74, 6) is 2.25. The van der Waals surface area contributed by atoms with Crippen LogP contribution in [0.2, 0.25) is 0 Å². The fourth-order valence-corrected chi connectivity index (χ4v) is 1.63. The first-order valence-electron chi connectivity index (χ1n) is 6.54. The highest BCUT2D eigenvalue weighted by Gasteiger charge is 2.13. The van der Waals surface area contributed by atoms with Gasteiger partial charge in [0.1, 0.15) is 0 Å². The molecule has 0 saturated heterocycles. The van der Waals surface area contributed by atoms with E-state index in [-0.39, 0.29) is 0 Å². The van der Waals surface area contributed by atoms with Crippen LogP contribution in [0, 0.1) is 17.8 Å². The van der Waals surface area contributed by atoms with E-state index in [1.807, 2.05) is 0 Å². The van der Waals surface area contributed by atoms with Gasteiger partial charge >= 0.3 is 0 Å². The molecule has 0 bridgehead atoms. The van der Waals surface area contributed by atoms with Crippen molar-refractivity contribution in [2.75, 3.05) is 0 Å². The lowest BCUT2D eigenvalue weighted by Gasteiger charge is -2.20. The monoisotopic (exact) mass is 211 g/mol. The van der Waals surface area contributed by atoms with Crippen LogP contribution in [0.5, 0.6) is 0 Å². The molecule has 0 aromatic heterocycles. The molecule has 0 rings (SSSR count). The fourth-order valence-electron chi connectivity index (χ4n) is 1.63. The Hall–Kier alpha value is -0.330. The minimum absolute atomic E-state index is 0.489. The van der Waals surface area contributed by atoms with Gasteiger partial charge in [-0.3, -0.25) is 4.99 Å². The maximum Gasteiger partial charge on any atom is 0.0470 e. The van der Waals surface area contributed by atoms with Gasteiger partial charge in [0.2, 0.25) is 0 Å². The molecule has 4 unspecified atom stereocenters. The lowest BCUT2D eigenvalue weighted by Crippen LogP contribution is -2.13. The predicted octanol–water partition coefficient (Wildman–Crippen LogP) is 4.56. The van der Waals surface area contributed by atoms with Gasteiger partial charge in [-0.15, -0.1) is 0 Å². The van der Waals surface area contributed by atoms with Gasteiger partial charge in [0, 0.05) is 12.3 Å². The first kappa shape index (κ1) is 14.7. The summed E-state index contributed by atoms with van der Waals surface area (Å²) in [7, 11) is 0. The number of rotatable bonds is 7. The molecule has 0 aliphatic rings. The standard InChI is InChI=1S/C14H29N/c1-7-11(3)10-15-14(6)9-13(5)12(4)8-2/h10-14H,7-9H2,1-6H3. The summed E-state index contributed by atoms with van der Waals surface area (Å²) in [4.78, 5) is 4.63. The highest BCUT2D eigenvalue weighted by atomic mass is 14.8. The molecule has 1 heteroatoms. The number of hydrogen-bond donors (Lipinski definition) is 0. The molecule has 0 aliphatic carbocycles. The summed E-state index contributed by atoms with van der Waals surface area (Å²) < 4.78 is 0. The van der Waals surface area contributed by atoms with Gasteiger partial charge in [0.25, 0.3) is 0 Å². The van der Waals surface area contributed by atoms with E-state index in [4.69, 9.17) is 0 Å². The summed E-state index contributed by atoms with van der Waals surface area (Å²) in [5.41, 5.74) is 0. The van der Waals surface area contributed by atoms with Crippen LogP contribution in [-0.2, 0) is 0 Å². The van der Waals surface area contributed by atoms with Crippen LogP contribution in [0.25, 0.3) is 0 Å². The van der Waals surface area contributed by atoms with E-state index in [1.165, 1.54) is 19.3 Å². The molecule has 90 valence electrons. The molecule has 0 spiro atoms. The first-order valence-corrected chi connectivity index (χ1v) is 6.54. The minimum atomic E-state index is 0.489. The van der Waals surface area contributed by atoms with Crippen molar-refractivity contribution in [3.63, 3.8) is 0 Å². The highest BCUT2D eigenvalue weighted by Crippen LogP contribution is 2.20.